The molecule has 0 aliphatic heterocycles. The molecule has 1 rings (SSSR count). The molecule has 1 aromatic rings. The zero-order chi connectivity index (χ0) is 8.81. The second kappa shape index (κ2) is 4.54. The van der Waals surface area contributed by atoms with E-state index < -0.39 is 0 Å². The third kappa shape index (κ3) is 2.38. The smallest absolute Gasteiger partial charge is 0.0564 e. The number of nitrogens with one attached hydrogen (secondary N) is 1. The van der Waals surface area contributed by atoms with Gasteiger partial charge < -0.3 is 0 Å². The minimum absolute atomic E-state index is 1.05. The molecule has 2 nitrogen and oxygen atoms in total. The highest BCUT2D eigenvalue weighted by molar-refractivity contribution is 5.56. The van der Waals surface area contributed by atoms with Crippen LogP contribution in [-0.2, 0) is 6.42 Å². The molecule has 0 aliphatic rings. The quantitative estimate of drug-likeness (QED) is 0.536. The van der Waals surface area contributed by atoms with Crippen LogP contribution in [0.25, 0.3) is 0 Å². The Hall–Kier alpha value is -1.31. The summed E-state index contributed by atoms with van der Waals surface area (Å²) in [4.78, 5) is 0. The van der Waals surface area contributed by atoms with E-state index in [0.717, 1.165) is 12.1 Å². The Balaban J connectivity index is 2.72. The SMILES string of the molecule is C/C=N/Nc1cccc(CC)c1. The first-order valence-electron chi connectivity index (χ1n) is 4.19. The van der Waals surface area contributed by atoms with E-state index in [1.807, 2.05) is 19.1 Å². The van der Waals surface area contributed by atoms with E-state index >= 15 is 0 Å². The molecular formula is C10H14N2. The maximum atomic E-state index is 3.94. The number of nitrogens with zero attached hydrogens (tertiary/aromatic N) is 1. The van der Waals surface area contributed by atoms with Crippen LogP contribution < -0.4 is 5.43 Å². The lowest BCUT2D eigenvalue weighted by atomic mass is 10.1. The largest absolute Gasteiger partial charge is 0.279 e. The number of hydrogen-bond donors (Lipinski definition) is 1. The number of rotatable bonds is 3. The topological polar surface area (TPSA) is 24.4 Å². The van der Waals surface area contributed by atoms with Gasteiger partial charge in [0.25, 0.3) is 0 Å². The van der Waals surface area contributed by atoms with Crippen LogP contribution in [0.1, 0.15) is 19.4 Å². The summed E-state index contributed by atoms with van der Waals surface area (Å²) in [5.74, 6) is 0. The molecule has 0 saturated heterocycles. The molecule has 0 aliphatic carbocycles. The Morgan fingerprint density at radius 2 is 2.33 bits per heavy atom. The van der Waals surface area contributed by atoms with Gasteiger partial charge in [-0.05, 0) is 31.0 Å². The Morgan fingerprint density at radius 3 is 3.00 bits per heavy atom. The van der Waals surface area contributed by atoms with E-state index in [-0.39, 0.29) is 0 Å². The van der Waals surface area contributed by atoms with Crippen molar-refractivity contribution in [3.05, 3.63) is 29.8 Å². The van der Waals surface area contributed by atoms with Gasteiger partial charge in [0.15, 0.2) is 0 Å². The summed E-state index contributed by atoms with van der Waals surface area (Å²) in [5, 5.41) is 3.94. The van der Waals surface area contributed by atoms with Crippen LogP contribution in [0.4, 0.5) is 5.69 Å². The summed E-state index contributed by atoms with van der Waals surface area (Å²) in [5.41, 5.74) is 5.31. The lowest BCUT2D eigenvalue weighted by Gasteiger charge is -2.01. The van der Waals surface area contributed by atoms with Crippen molar-refractivity contribution in [2.75, 3.05) is 5.43 Å². The number of hydrogen-bond acceptors (Lipinski definition) is 2. The lowest BCUT2D eigenvalue weighted by molar-refractivity contribution is 1.14. The van der Waals surface area contributed by atoms with Gasteiger partial charge in [-0.25, -0.2) is 0 Å². The Bertz CT molecular complexity index is 266. The van der Waals surface area contributed by atoms with E-state index in [2.05, 4.69) is 29.6 Å². The standard InChI is InChI=1S/C10H14N2/c1-3-9-6-5-7-10(8-9)12-11-4-2/h4-8,12H,3H2,1-2H3/b11-4+. The molecule has 0 amide bonds. The van der Waals surface area contributed by atoms with Crippen LogP contribution in [0.15, 0.2) is 29.4 Å². The van der Waals surface area contributed by atoms with Gasteiger partial charge in [0.2, 0.25) is 0 Å². The maximum absolute atomic E-state index is 3.94. The van der Waals surface area contributed by atoms with Gasteiger partial charge >= 0.3 is 0 Å². The third-order valence-corrected chi connectivity index (χ3v) is 1.66. The number of hydrazone groups is 1. The number of aryl methyl sites for hydroxylation is 1. The molecular weight excluding hydrogens is 148 g/mol. The molecule has 1 N–H and O–H groups in total. The van der Waals surface area contributed by atoms with E-state index in [1.165, 1.54) is 5.56 Å². The van der Waals surface area contributed by atoms with Crippen LogP contribution in [-0.4, -0.2) is 6.21 Å². The Kier molecular flexibility index (Phi) is 3.33. The van der Waals surface area contributed by atoms with Crippen molar-refractivity contribution in [1.29, 1.82) is 0 Å². The van der Waals surface area contributed by atoms with Crippen LogP contribution in [0.5, 0.6) is 0 Å². The molecule has 0 atom stereocenters. The highest BCUT2D eigenvalue weighted by Gasteiger charge is 1.90. The Labute approximate surface area is 73.3 Å². The zero-order valence-electron chi connectivity index (χ0n) is 7.54. The highest BCUT2D eigenvalue weighted by atomic mass is 15.3. The van der Waals surface area contributed by atoms with Crippen molar-refractivity contribution in [3.63, 3.8) is 0 Å². The summed E-state index contributed by atoms with van der Waals surface area (Å²) >= 11 is 0. The summed E-state index contributed by atoms with van der Waals surface area (Å²) in [7, 11) is 0. The van der Waals surface area contributed by atoms with Crippen molar-refractivity contribution < 1.29 is 0 Å². The van der Waals surface area contributed by atoms with Gasteiger partial charge in [0.05, 0.1) is 5.69 Å². The molecule has 12 heavy (non-hydrogen) atoms. The lowest BCUT2D eigenvalue weighted by Crippen LogP contribution is -1.89. The highest BCUT2D eigenvalue weighted by Crippen LogP contribution is 2.10. The molecule has 0 spiro atoms. The minimum Gasteiger partial charge on any atom is -0.279 e. The predicted octanol–water partition coefficient (Wildman–Crippen LogP) is 2.67. The molecule has 0 bridgehead atoms. The predicted molar refractivity (Wildman–Crippen MR) is 53.6 cm³/mol. The summed E-state index contributed by atoms with van der Waals surface area (Å²) in [6, 6.07) is 8.26. The van der Waals surface area contributed by atoms with Gasteiger partial charge in [-0.15, -0.1) is 0 Å². The normalized spacial score (nSPS) is 10.5. The average Bonchev–Trinajstić information content (AvgIpc) is 2.15. The first kappa shape index (κ1) is 8.78. The second-order valence-electron chi connectivity index (χ2n) is 2.55. The first-order chi connectivity index (χ1) is 5.86. The molecule has 0 radical (unpaired) electrons. The van der Waals surface area contributed by atoms with Crippen LogP contribution in [0, 0.1) is 0 Å². The zero-order valence-corrected chi connectivity index (χ0v) is 7.54. The maximum Gasteiger partial charge on any atom is 0.0564 e. The number of benzene rings is 1. The molecule has 1 aromatic carbocycles. The molecule has 0 aromatic heterocycles. The fourth-order valence-corrected chi connectivity index (χ4v) is 1.000. The van der Waals surface area contributed by atoms with Gasteiger partial charge in [0, 0.05) is 6.21 Å². The molecule has 2 heteroatoms. The van der Waals surface area contributed by atoms with Crippen molar-refractivity contribution in [1.82, 2.24) is 0 Å². The van der Waals surface area contributed by atoms with Crippen LogP contribution in [0.3, 0.4) is 0 Å². The monoisotopic (exact) mass is 162 g/mol. The summed E-state index contributed by atoms with van der Waals surface area (Å²) in [6.07, 6.45) is 2.80. The second-order valence-corrected chi connectivity index (χ2v) is 2.55. The van der Waals surface area contributed by atoms with Crippen molar-refractivity contribution >= 4 is 11.9 Å². The fraction of sp³-hybridized carbons (Fsp3) is 0.300. The Morgan fingerprint density at radius 1 is 1.50 bits per heavy atom. The third-order valence-electron chi connectivity index (χ3n) is 1.66. The van der Waals surface area contributed by atoms with E-state index in [1.54, 1.807) is 6.21 Å². The molecule has 0 unspecified atom stereocenters. The van der Waals surface area contributed by atoms with Crippen molar-refractivity contribution in [2.24, 2.45) is 5.10 Å². The van der Waals surface area contributed by atoms with Crippen LogP contribution in [0.2, 0.25) is 0 Å². The van der Waals surface area contributed by atoms with E-state index in [4.69, 9.17) is 0 Å². The molecule has 0 saturated carbocycles. The van der Waals surface area contributed by atoms with Gasteiger partial charge in [0.1, 0.15) is 0 Å². The van der Waals surface area contributed by atoms with Gasteiger partial charge in [-0.1, -0.05) is 19.1 Å². The van der Waals surface area contributed by atoms with Gasteiger partial charge in [-0.2, -0.15) is 5.10 Å². The molecule has 0 fully saturated rings. The first-order valence-corrected chi connectivity index (χ1v) is 4.19. The molecule has 64 valence electrons. The minimum atomic E-state index is 1.05. The van der Waals surface area contributed by atoms with Gasteiger partial charge in [-0.3, -0.25) is 5.43 Å². The number of anilines is 1. The average molecular weight is 162 g/mol. The van der Waals surface area contributed by atoms with E-state index in [9.17, 15) is 0 Å². The van der Waals surface area contributed by atoms with Crippen molar-refractivity contribution in [2.45, 2.75) is 20.3 Å². The summed E-state index contributed by atoms with van der Waals surface area (Å²) in [6.45, 7) is 4.03. The molecule has 0 heterocycles. The summed E-state index contributed by atoms with van der Waals surface area (Å²) < 4.78 is 0. The van der Waals surface area contributed by atoms with Crippen molar-refractivity contribution in [3.8, 4) is 0 Å². The van der Waals surface area contributed by atoms with E-state index in [0.29, 0.717) is 0 Å². The fourth-order valence-electron chi connectivity index (χ4n) is 1.000. The van der Waals surface area contributed by atoms with Crippen LogP contribution >= 0.6 is 0 Å².